The number of amides is 2. The first kappa shape index (κ1) is 31.2. The maximum Gasteiger partial charge on any atom is 0.326 e. The first-order valence-corrected chi connectivity index (χ1v) is 15.6. The quantitative estimate of drug-likeness (QED) is 0.310. The van der Waals surface area contributed by atoms with E-state index in [2.05, 4.69) is 24.5 Å². The van der Waals surface area contributed by atoms with Crippen molar-refractivity contribution in [3.8, 4) is 0 Å². The van der Waals surface area contributed by atoms with Crippen molar-refractivity contribution in [1.29, 1.82) is 0 Å². The van der Waals surface area contributed by atoms with Crippen molar-refractivity contribution < 1.29 is 33.8 Å². The number of carbonyl (C=O) groups excluding carboxylic acids is 4. The molecule has 3 saturated carbocycles. The van der Waals surface area contributed by atoms with Crippen LogP contribution in [0.3, 0.4) is 0 Å². The number of carbonyl (C=O) groups is 5. The minimum Gasteiger partial charge on any atom is -0.480 e. The number of allylic oxidation sites excluding steroid dienone is 1. The molecule has 4 aliphatic carbocycles. The van der Waals surface area contributed by atoms with Crippen molar-refractivity contribution in [3.05, 3.63) is 11.6 Å². The Morgan fingerprint density at radius 2 is 1.78 bits per heavy atom. The molecule has 0 saturated heterocycles. The topological polar surface area (TPSA) is 139 Å². The fourth-order valence-electron chi connectivity index (χ4n) is 8.48. The van der Waals surface area contributed by atoms with Crippen LogP contribution in [0, 0.1) is 28.6 Å². The number of ketones is 1. The normalized spacial score (nSPS) is 33.8. The highest BCUT2D eigenvalue weighted by Crippen LogP contribution is 2.65. The highest BCUT2D eigenvalue weighted by molar-refractivity contribution is 5.92. The molecule has 8 atom stereocenters. The summed E-state index contributed by atoms with van der Waals surface area (Å²) in [6, 6.07) is -1.91. The van der Waals surface area contributed by atoms with Crippen LogP contribution in [-0.4, -0.2) is 52.8 Å². The third-order valence-electron chi connectivity index (χ3n) is 10.9. The molecule has 0 aromatic carbocycles. The molecule has 3 fully saturated rings. The Bertz CT molecular complexity index is 1090. The number of nitrogens with one attached hydrogen (secondary N) is 2. The van der Waals surface area contributed by atoms with Gasteiger partial charge in [0.15, 0.2) is 5.78 Å². The predicted molar refractivity (Wildman–Crippen MR) is 153 cm³/mol. The van der Waals surface area contributed by atoms with Crippen LogP contribution in [0.5, 0.6) is 0 Å². The maximum atomic E-state index is 12.8. The third kappa shape index (κ3) is 6.54. The molecule has 228 valence electrons. The third-order valence-corrected chi connectivity index (χ3v) is 10.9. The molecule has 2 amide bonds. The minimum absolute atomic E-state index is 0.0715. The Balaban J connectivity index is 1.26. The van der Waals surface area contributed by atoms with E-state index < -0.39 is 35.8 Å². The van der Waals surface area contributed by atoms with Crippen molar-refractivity contribution in [2.45, 2.75) is 129 Å². The summed E-state index contributed by atoms with van der Waals surface area (Å²) >= 11 is 0. The summed E-state index contributed by atoms with van der Waals surface area (Å²) in [7, 11) is 0. The molecule has 3 N–H and O–H groups in total. The molecule has 41 heavy (non-hydrogen) atoms. The molecule has 0 aromatic rings. The molecule has 9 nitrogen and oxygen atoms in total. The van der Waals surface area contributed by atoms with Gasteiger partial charge in [-0.05, 0) is 87.5 Å². The minimum atomic E-state index is -1.10. The number of carboxylic acids is 1. The summed E-state index contributed by atoms with van der Waals surface area (Å²) in [5.74, 6) is -0.611. The first-order valence-electron chi connectivity index (χ1n) is 15.6. The van der Waals surface area contributed by atoms with Gasteiger partial charge in [0.05, 0.1) is 6.42 Å². The Morgan fingerprint density at radius 3 is 2.49 bits per heavy atom. The SMILES string of the molecule is CCCC[C@H](NC(=O)[C@H](C)NC(=O)CCC(=O)O[C@H]1CC[C@H]2[C@@H]3CCC4=CC(=O)CC[C@]4(C)[C@H]3CC[C@]12C)C(=O)O. The Kier molecular flexibility index (Phi) is 9.64. The fourth-order valence-corrected chi connectivity index (χ4v) is 8.48. The summed E-state index contributed by atoms with van der Waals surface area (Å²) in [6.07, 6.45) is 11.0. The van der Waals surface area contributed by atoms with Gasteiger partial charge in [0.25, 0.3) is 0 Å². The van der Waals surface area contributed by atoms with Crippen molar-refractivity contribution in [2.75, 3.05) is 0 Å². The van der Waals surface area contributed by atoms with Gasteiger partial charge >= 0.3 is 11.9 Å². The lowest BCUT2D eigenvalue weighted by atomic mass is 9.47. The number of aliphatic carboxylic acids is 1. The van der Waals surface area contributed by atoms with Gasteiger partial charge in [0.2, 0.25) is 11.8 Å². The number of unbranched alkanes of at least 4 members (excludes halogenated alkanes) is 1. The number of ether oxygens (including phenoxy) is 1. The molecule has 9 heteroatoms. The molecule has 0 radical (unpaired) electrons. The average molecular weight is 573 g/mol. The number of hydrogen-bond donors (Lipinski definition) is 3. The molecule has 0 unspecified atom stereocenters. The molecular weight excluding hydrogens is 524 g/mol. The zero-order valence-corrected chi connectivity index (χ0v) is 25.1. The van der Waals surface area contributed by atoms with Crippen LogP contribution in [0.4, 0.5) is 0 Å². The van der Waals surface area contributed by atoms with Gasteiger partial charge in [-0.2, -0.15) is 0 Å². The molecule has 4 aliphatic rings. The van der Waals surface area contributed by atoms with Crippen molar-refractivity contribution in [1.82, 2.24) is 10.6 Å². The predicted octanol–water partition coefficient (Wildman–Crippen LogP) is 4.47. The lowest BCUT2D eigenvalue weighted by molar-refractivity contribution is -0.160. The Morgan fingerprint density at radius 1 is 1.02 bits per heavy atom. The summed E-state index contributed by atoms with van der Waals surface area (Å²) in [5, 5.41) is 14.4. The summed E-state index contributed by atoms with van der Waals surface area (Å²) in [4.78, 5) is 61.2. The van der Waals surface area contributed by atoms with E-state index in [1.807, 2.05) is 13.0 Å². The summed E-state index contributed by atoms with van der Waals surface area (Å²) < 4.78 is 6.01. The number of carboxylic acid groups (broad SMARTS) is 1. The van der Waals surface area contributed by atoms with E-state index in [0.29, 0.717) is 37.0 Å². The van der Waals surface area contributed by atoms with Crippen LogP contribution in [0.1, 0.15) is 111 Å². The zero-order chi connectivity index (χ0) is 29.9. The van der Waals surface area contributed by atoms with Gasteiger partial charge in [-0.15, -0.1) is 0 Å². The van der Waals surface area contributed by atoms with E-state index in [4.69, 9.17) is 4.74 Å². The van der Waals surface area contributed by atoms with Crippen molar-refractivity contribution in [3.63, 3.8) is 0 Å². The standard InChI is InChI=1S/C32H48N2O7/c1-5-6-7-25(30(39)40)34-29(38)19(2)33-27(36)12-13-28(37)41-26-11-10-23-22-9-8-20-18-21(35)14-16-31(20,3)24(22)15-17-32(23,26)4/h18-19,22-26H,5-17H2,1-4H3,(H,33,36)(H,34,38)(H,39,40)/t19-,22-,23-,24-,25-,26-,31-,32-/m0/s1. The Hall–Kier alpha value is -2.71. The lowest BCUT2D eigenvalue weighted by Crippen LogP contribution is -2.51. The number of hydrogen-bond acceptors (Lipinski definition) is 6. The van der Waals surface area contributed by atoms with Crippen molar-refractivity contribution in [2.24, 2.45) is 28.6 Å². The first-order chi connectivity index (χ1) is 19.4. The highest BCUT2D eigenvalue weighted by Gasteiger charge is 2.60. The molecule has 0 heterocycles. The molecule has 0 bridgehead atoms. The molecular formula is C32H48N2O7. The Labute approximate surface area is 243 Å². The van der Waals surface area contributed by atoms with E-state index in [-0.39, 0.29) is 35.6 Å². The van der Waals surface area contributed by atoms with Gasteiger partial charge in [-0.1, -0.05) is 39.2 Å². The molecule has 4 rings (SSSR count). The number of fused-ring (bicyclic) bond motifs is 5. The highest BCUT2D eigenvalue weighted by atomic mass is 16.5. The van der Waals surface area contributed by atoms with E-state index in [9.17, 15) is 29.1 Å². The van der Waals surface area contributed by atoms with Crippen LogP contribution >= 0.6 is 0 Å². The fraction of sp³-hybridized carbons (Fsp3) is 0.781. The van der Waals surface area contributed by atoms with Crippen LogP contribution in [0.2, 0.25) is 0 Å². The number of rotatable bonds is 11. The van der Waals surface area contributed by atoms with E-state index >= 15 is 0 Å². The van der Waals surface area contributed by atoms with Gasteiger partial charge in [0, 0.05) is 18.3 Å². The second-order valence-corrected chi connectivity index (χ2v) is 13.4. The van der Waals surface area contributed by atoms with Gasteiger partial charge in [-0.3, -0.25) is 19.2 Å². The monoisotopic (exact) mass is 572 g/mol. The van der Waals surface area contributed by atoms with Crippen LogP contribution in [0.25, 0.3) is 0 Å². The van der Waals surface area contributed by atoms with Gasteiger partial charge < -0.3 is 20.5 Å². The molecule has 0 aromatic heterocycles. The van der Waals surface area contributed by atoms with Crippen molar-refractivity contribution >= 4 is 29.5 Å². The summed E-state index contributed by atoms with van der Waals surface area (Å²) in [6.45, 7) is 8.07. The lowest BCUT2D eigenvalue weighted by Gasteiger charge is -2.57. The second kappa shape index (κ2) is 12.7. The van der Waals surface area contributed by atoms with E-state index in [0.717, 1.165) is 51.4 Å². The molecule has 0 spiro atoms. The van der Waals surface area contributed by atoms with Crippen LogP contribution in [0.15, 0.2) is 11.6 Å². The smallest absolute Gasteiger partial charge is 0.326 e. The van der Waals surface area contributed by atoms with E-state index in [1.165, 1.54) is 12.5 Å². The average Bonchev–Trinajstić information content (AvgIpc) is 3.25. The maximum absolute atomic E-state index is 12.8. The number of esters is 1. The molecule has 0 aliphatic heterocycles. The van der Waals surface area contributed by atoms with Gasteiger partial charge in [-0.25, -0.2) is 4.79 Å². The second-order valence-electron chi connectivity index (χ2n) is 13.4. The van der Waals surface area contributed by atoms with Crippen LogP contribution in [-0.2, 0) is 28.7 Å². The zero-order valence-electron chi connectivity index (χ0n) is 25.1. The van der Waals surface area contributed by atoms with Crippen LogP contribution < -0.4 is 10.6 Å². The van der Waals surface area contributed by atoms with E-state index in [1.54, 1.807) is 0 Å². The largest absolute Gasteiger partial charge is 0.480 e. The van der Waals surface area contributed by atoms with Gasteiger partial charge in [0.1, 0.15) is 18.2 Å². The summed E-state index contributed by atoms with van der Waals surface area (Å²) in [5.41, 5.74) is 1.38.